The van der Waals surface area contributed by atoms with Gasteiger partial charge in [0.1, 0.15) is 11.9 Å². The summed E-state index contributed by atoms with van der Waals surface area (Å²) < 4.78 is 46.8. The minimum absolute atomic E-state index is 0.243. The second kappa shape index (κ2) is 12.5. The van der Waals surface area contributed by atoms with Gasteiger partial charge < -0.3 is 14.9 Å². The smallest absolute Gasteiger partial charge is 0.412 e. The summed E-state index contributed by atoms with van der Waals surface area (Å²) in [6.07, 6.45) is -4.04. The number of Topliss-reactive ketones (excluding diaryl/α,β-unsaturated/α-hetero) is 1. The number of hydrogen-bond acceptors (Lipinski definition) is 7. The zero-order chi connectivity index (χ0) is 28.1. The molecular weight excluding hydrogens is 507 g/mol. The van der Waals surface area contributed by atoms with Crippen LogP contribution in [0.2, 0.25) is 0 Å². The molecule has 1 aliphatic heterocycles. The molecular formula is C27H36F3NO5S. The van der Waals surface area contributed by atoms with E-state index >= 15 is 0 Å². The maximum atomic E-state index is 13.8. The molecule has 0 saturated carbocycles. The highest BCUT2D eigenvalue weighted by atomic mass is 32.1. The molecule has 1 aromatic heterocycles. The Labute approximate surface area is 219 Å². The molecule has 0 aliphatic carbocycles. The lowest BCUT2D eigenvalue weighted by Gasteiger charge is -2.34. The zero-order valence-corrected chi connectivity index (χ0v) is 22.8. The number of aliphatic hydroxyl groups excluding tert-OH is 2. The average Bonchev–Trinajstić information content (AvgIpc) is 3.21. The van der Waals surface area contributed by atoms with Crippen molar-refractivity contribution in [3.05, 3.63) is 45.5 Å². The van der Waals surface area contributed by atoms with Gasteiger partial charge in [-0.3, -0.25) is 9.59 Å². The van der Waals surface area contributed by atoms with Crippen molar-refractivity contribution in [2.24, 2.45) is 17.3 Å². The number of ether oxygens (including phenoxy) is 1. The normalized spacial score (nSPS) is 29.1. The Morgan fingerprint density at radius 2 is 1.89 bits per heavy atom. The number of nitrogens with zero attached hydrogens (tertiary/aromatic N) is 1. The molecule has 2 N–H and O–H groups in total. The van der Waals surface area contributed by atoms with Gasteiger partial charge >= 0.3 is 12.1 Å². The Hall–Kier alpha value is -2.30. The van der Waals surface area contributed by atoms with E-state index in [-0.39, 0.29) is 6.42 Å². The van der Waals surface area contributed by atoms with E-state index in [4.69, 9.17) is 4.74 Å². The van der Waals surface area contributed by atoms with E-state index in [9.17, 15) is 33.0 Å². The van der Waals surface area contributed by atoms with E-state index in [2.05, 4.69) is 4.98 Å². The van der Waals surface area contributed by atoms with Crippen molar-refractivity contribution in [2.45, 2.75) is 85.3 Å². The van der Waals surface area contributed by atoms with Crippen LogP contribution in [0.5, 0.6) is 0 Å². The molecule has 0 amide bonds. The number of rotatable bonds is 2. The minimum Gasteiger partial charge on any atom is -0.457 e. The van der Waals surface area contributed by atoms with E-state index in [1.807, 2.05) is 6.92 Å². The first-order valence-electron chi connectivity index (χ1n) is 12.2. The minimum atomic E-state index is -4.61. The molecule has 0 spiro atoms. The Kier molecular flexibility index (Phi) is 10.4. The average molecular weight is 544 g/mol. The quantitative estimate of drug-likeness (QED) is 0.373. The van der Waals surface area contributed by atoms with Crippen LogP contribution in [-0.2, 0) is 14.3 Å². The number of thiazole rings is 1. The lowest BCUT2D eigenvalue weighted by Crippen LogP contribution is -2.45. The Bertz CT molecular complexity index is 1060. The van der Waals surface area contributed by atoms with Crippen molar-refractivity contribution in [3.63, 3.8) is 0 Å². The summed E-state index contributed by atoms with van der Waals surface area (Å²) in [5.41, 5.74) is -1.11. The summed E-state index contributed by atoms with van der Waals surface area (Å²) in [7, 11) is 0. The van der Waals surface area contributed by atoms with Crippen LogP contribution in [0.25, 0.3) is 6.08 Å². The summed E-state index contributed by atoms with van der Waals surface area (Å²) in [6, 6.07) is 0. The number of carbonyl (C=O) groups is 2. The van der Waals surface area contributed by atoms with E-state index in [0.717, 1.165) is 11.1 Å². The summed E-state index contributed by atoms with van der Waals surface area (Å²) in [5.74, 6) is -2.85. The third-order valence-corrected chi connectivity index (χ3v) is 7.60. The summed E-state index contributed by atoms with van der Waals surface area (Å²) >= 11 is 1.41. The van der Waals surface area contributed by atoms with Gasteiger partial charge in [0.25, 0.3) is 0 Å². The highest BCUT2D eigenvalue weighted by molar-refractivity contribution is 7.09. The predicted octanol–water partition coefficient (Wildman–Crippen LogP) is 5.58. The van der Waals surface area contributed by atoms with Crippen LogP contribution in [0.3, 0.4) is 0 Å². The van der Waals surface area contributed by atoms with E-state index in [0.29, 0.717) is 11.3 Å². The van der Waals surface area contributed by atoms with Crippen LogP contribution >= 0.6 is 11.3 Å². The molecule has 5 atom stereocenters. The van der Waals surface area contributed by atoms with Crippen LogP contribution in [0.15, 0.2) is 34.8 Å². The summed E-state index contributed by atoms with van der Waals surface area (Å²) in [5, 5.41) is 24.0. The van der Waals surface area contributed by atoms with E-state index in [1.54, 1.807) is 25.3 Å². The first-order chi connectivity index (χ1) is 17.0. The fraction of sp³-hybridized carbons (Fsp3) is 0.593. The van der Waals surface area contributed by atoms with Gasteiger partial charge in [0.05, 0.1) is 34.7 Å². The molecule has 10 heteroatoms. The van der Waals surface area contributed by atoms with Crippen molar-refractivity contribution in [1.29, 1.82) is 0 Å². The van der Waals surface area contributed by atoms with Gasteiger partial charge in [-0.1, -0.05) is 45.9 Å². The van der Waals surface area contributed by atoms with Crippen molar-refractivity contribution >= 4 is 29.2 Å². The molecule has 0 aromatic carbocycles. The molecule has 37 heavy (non-hydrogen) atoms. The molecule has 2 rings (SSSR count). The third-order valence-electron chi connectivity index (χ3n) is 6.81. The number of allylic oxidation sites excluding steroid dienone is 2. The van der Waals surface area contributed by atoms with Crippen molar-refractivity contribution < 1.29 is 37.7 Å². The van der Waals surface area contributed by atoms with E-state index < -0.39 is 71.9 Å². The number of ketones is 1. The van der Waals surface area contributed by atoms with Crippen LogP contribution in [-0.4, -0.2) is 51.4 Å². The Morgan fingerprint density at radius 1 is 1.24 bits per heavy atom. The van der Waals surface area contributed by atoms with Gasteiger partial charge in [-0.25, -0.2) is 4.98 Å². The number of halogens is 3. The first-order valence-corrected chi connectivity index (χ1v) is 13.0. The SMILES string of the molecule is CC(=Cc1csc(C)n1)[C@@H]1CC=C(C(F)(F)F)CC=C[C@H](C)[C@H](O)C(C)C(=O)C(C)(C)[C@@H](O)CC(=O)O1. The molecule has 6 nitrogen and oxygen atoms in total. The van der Waals surface area contributed by atoms with Gasteiger partial charge in [0, 0.05) is 29.2 Å². The van der Waals surface area contributed by atoms with Crippen molar-refractivity contribution in [3.8, 4) is 0 Å². The number of carbonyl (C=O) groups excluding carboxylic acids is 2. The topological polar surface area (TPSA) is 96.7 Å². The number of esters is 1. The third kappa shape index (κ3) is 8.35. The molecule has 0 saturated heterocycles. The molecule has 1 unspecified atom stereocenters. The van der Waals surface area contributed by atoms with Gasteiger partial charge in [-0.05, 0) is 31.9 Å². The molecule has 1 aliphatic rings. The monoisotopic (exact) mass is 543 g/mol. The van der Waals surface area contributed by atoms with Crippen molar-refractivity contribution in [1.82, 2.24) is 4.98 Å². The molecule has 206 valence electrons. The largest absolute Gasteiger partial charge is 0.457 e. The first kappa shape index (κ1) is 30.9. The predicted molar refractivity (Wildman–Crippen MR) is 137 cm³/mol. The number of aliphatic hydroxyl groups is 2. The molecule has 0 bridgehead atoms. The second-order valence-electron chi connectivity index (χ2n) is 10.2. The number of alkyl halides is 3. The lowest BCUT2D eigenvalue weighted by molar-refractivity contribution is -0.154. The van der Waals surface area contributed by atoms with Crippen LogP contribution in [0.4, 0.5) is 13.2 Å². The molecule has 2 heterocycles. The van der Waals surface area contributed by atoms with Gasteiger partial charge in [0.15, 0.2) is 0 Å². The summed E-state index contributed by atoms with van der Waals surface area (Å²) in [4.78, 5) is 30.2. The number of aromatic nitrogens is 1. The van der Waals surface area contributed by atoms with Crippen molar-refractivity contribution in [2.75, 3.05) is 0 Å². The van der Waals surface area contributed by atoms with Crippen LogP contribution in [0.1, 0.15) is 64.6 Å². The second-order valence-corrected chi connectivity index (χ2v) is 11.3. The van der Waals surface area contributed by atoms with Gasteiger partial charge in [0.2, 0.25) is 0 Å². The Balaban J connectivity index is 2.50. The molecule has 0 fully saturated rings. The van der Waals surface area contributed by atoms with E-state index in [1.165, 1.54) is 44.3 Å². The number of aryl methyl sites for hydroxylation is 1. The van der Waals surface area contributed by atoms with Crippen LogP contribution < -0.4 is 0 Å². The maximum absolute atomic E-state index is 13.8. The standard InChI is InChI=1S/C27H36F3NO5S/c1-15-8-7-9-19(27(28,29)30)10-11-21(16(2)12-20-14-37-18(4)31-20)36-23(33)13-22(32)26(5,6)25(35)17(3)24(15)34/h7-8,10,12,14-15,17,21-22,24,32,34H,9,11,13H2,1-6H3/t15-,17?,21-,22-,24-/m0/s1. The fourth-order valence-electron chi connectivity index (χ4n) is 4.17. The fourth-order valence-corrected chi connectivity index (χ4v) is 4.74. The molecule has 0 radical (unpaired) electrons. The lowest BCUT2D eigenvalue weighted by atomic mass is 9.73. The molecule has 1 aromatic rings. The maximum Gasteiger partial charge on any atom is 0.412 e. The van der Waals surface area contributed by atoms with Crippen LogP contribution in [0, 0.1) is 24.2 Å². The van der Waals surface area contributed by atoms with Gasteiger partial charge in [-0.15, -0.1) is 11.3 Å². The number of cyclic esters (lactones) is 1. The highest BCUT2D eigenvalue weighted by Gasteiger charge is 2.42. The van der Waals surface area contributed by atoms with Gasteiger partial charge in [-0.2, -0.15) is 13.2 Å². The Morgan fingerprint density at radius 3 is 2.46 bits per heavy atom. The highest BCUT2D eigenvalue weighted by Crippen LogP contribution is 2.33. The zero-order valence-electron chi connectivity index (χ0n) is 22.0. The number of hydrogen-bond donors (Lipinski definition) is 2. The summed E-state index contributed by atoms with van der Waals surface area (Å²) in [6.45, 7) is 9.55.